The van der Waals surface area contributed by atoms with E-state index in [9.17, 15) is 19.6 Å². The molecule has 0 heterocycles. The first kappa shape index (κ1) is 26.4. The van der Waals surface area contributed by atoms with E-state index in [1.807, 2.05) is 26.0 Å². The second-order valence-corrected chi connectivity index (χ2v) is 15.1. The summed E-state index contributed by atoms with van der Waals surface area (Å²) in [6.45, 7) is 17.0. The first-order chi connectivity index (χ1) is 17.0. The molecule has 0 aromatic carbocycles. The van der Waals surface area contributed by atoms with E-state index < -0.39 is 10.8 Å². The standard InChI is InChI=1S/C32H44N2O3/c1-19(35)34-32-13-11-27(2,3)17-21(32)25-22(36)15-24-29(6)16-20(18-33)26(37)28(4,5)23(29)9-10-30(24,7)31(25,8)12-14-32/h15-16,21,23,25H,9-14,17H2,1-8H3,(H,34,35)/t21?,23?,25-,29-,30+,31+,32-/m0/s1. The van der Waals surface area contributed by atoms with Crippen molar-refractivity contribution in [3.63, 3.8) is 0 Å². The van der Waals surface area contributed by atoms with E-state index >= 15 is 0 Å². The maximum atomic E-state index is 14.4. The summed E-state index contributed by atoms with van der Waals surface area (Å²) >= 11 is 0. The SMILES string of the molecule is CC(=O)N[C@]12CCC(C)(C)CC1[C@H]1C(=O)C=C3[C@@]4(C)C=C(C#N)C(=O)C(C)(C)C4CC[C@@]3(C)[C@]1(C)CC2. The summed E-state index contributed by atoms with van der Waals surface area (Å²) in [6, 6.07) is 2.18. The number of nitriles is 1. The van der Waals surface area contributed by atoms with Crippen molar-refractivity contribution in [2.24, 2.45) is 44.8 Å². The molecule has 0 saturated heterocycles. The van der Waals surface area contributed by atoms with Crippen LogP contribution in [-0.2, 0) is 14.4 Å². The molecule has 5 aliphatic rings. The van der Waals surface area contributed by atoms with Crippen molar-refractivity contribution in [2.45, 2.75) is 106 Å². The molecule has 5 aliphatic carbocycles. The number of carbonyl (C=O) groups excluding carboxylic acids is 3. The number of nitrogens with zero attached hydrogens (tertiary/aromatic N) is 1. The maximum absolute atomic E-state index is 14.4. The van der Waals surface area contributed by atoms with Crippen molar-refractivity contribution in [3.8, 4) is 6.07 Å². The Morgan fingerprint density at radius 2 is 1.65 bits per heavy atom. The van der Waals surface area contributed by atoms with E-state index in [-0.39, 0.29) is 62.6 Å². The third kappa shape index (κ3) is 3.29. The van der Waals surface area contributed by atoms with Gasteiger partial charge in [-0.15, -0.1) is 0 Å². The van der Waals surface area contributed by atoms with Crippen LogP contribution in [0.3, 0.4) is 0 Å². The number of carbonyl (C=O) groups is 3. The number of fused-ring (bicyclic) bond motifs is 7. The molecule has 1 amide bonds. The smallest absolute Gasteiger partial charge is 0.217 e. The van der Waals surface area contributed by atoms with Crippen LogP contribution < -0.4 is 5.32 Å². The summed E-state index contributed by atoms with van der Waals surface area (Å²) in [7, 11) is 0. The Hall–Kier alpha value is -2.22. The van der Waals surface area contributed by atoms with Gasteiger partial charge in [-0.2, -0.15) is 5.26 Å². The van der Waals surface area contributed by atoms with E-state index in [0.717, 1.165) is 50.5 Å². The summed E-state index contributed by atoms with van der Waals surface area (Å²) in [6.07, 6.45) is 10.3. The molecule has 0 aromatic rings. The molecule has 7 atom stereocenters. The number of Topliss-reactive ketones (excluding diaryl/α,β-unsaturated/α-hetero) is 1. The summed E-state index contributed by atoms with van der Waals surface area (Å²) < 4.78 is 0. The van der Waals surface area contributed by atoms with Gasteiger partial charge in [0, 0.05) is 29.2 Å². The zero-order chi connectivity index (χ0) is 27.4. The predicted octanol–water partition coefficient (Wildman–Crippen LogP) is 6.09. The molecule has 5 rings (SSSR count). The van der Waals surface area contributed by atoms with Gasteiger partial charge in [-0.25, -0.2) is 0 Å². The molecule has 5 heteroatoms. The Bertz CT molecular complexity index is 1200. The van der Waals surface area contributed by atoms with E-state index in [2.05, 4.69) is 46.0 Å². The lowest BCUT2D eigenvalue weighted by molar-refractivity contribution is -0.163. The molecule has 0 radical (unpaired) electrons. The van der Waals surface area contributed by atoms with Crippen LogP contribution in [0.5, 0.6) is 0 Å². The zero-order valence-electron chi connectivity index (χ0n) is 24.0. The summed E-state index contributed by atoms with van der Waals surface area (Å²) in [4.78, 5) is 40.0. The molecule has 0 aromatic heterocycles. The van der Waals surface area contributed by atoms with Crippen molar-refractivity contribution >= 4 is 17.5 Å². The van der Waals surface area contributed by atoms with Crippen LogP contribution in [-0.4, -0.2) is 23.0 Å². The van der Waals surface area contributed by atoms with Gasteiger partial charge in [-0.05, 0) is 79.1 Å². The van der Waals surface area contributed by atoms with E-state index in [1.165, 1.54) is 0 Å². The minimum Gasteiger partial charge on any atom is -0.351 e. The third-order valence-corrected chi connectivity index (χ3v) is 12.3. The molecule has 2 unspecified atom stereocenters. The third-order valence-electron chi connectivity index (χ3n) is 12.3. The van der Waals surface area contributed by atoms with Gasteiger partial charge in [0.25, 0.3) is 0 Å². The number of hydrogen-bond acceptors (Lipinski definition) is 4. The predicted molar refractivity (Wildman–Crippen MR) is 143 cm³/mol. The first-order valence-corrected chi connectivity index (χ1v) is 14.2. The fraction of sp³-hybridized carbons (Fsp3) is 0.750. The maximum Gasteiger partial charge on any atom is 0.217 e. The number of amides is 1. The molecular weight excluding hydrogens is 460 g/mol. The lowest BCUT2D eigenvalue weighted by Crippen LogP contribution is -2.69. The molecule has 0 bridgehead atoms. The average molecular weight is 505 g/mol. The van der Waals surface area contributed by atoms with Gasteiger partial charge in [-0.3, -0.25) is 14.4 Å². The van der Waals surface area contributed by atoms with E-state index in [4.69, 9.17) is 0 Å². The number of rotatable bonds is 1. The van der Waals surface area contributed by atoms with Gasteiger partial charge in [0.15, 0.2) is 11.6 Å². The highest BCUT2D eigenvalue weighted by molar-refractivity contribution is 6.04. The van der Waals surface area contributed by atoms with Crippen LogP contribution in [0.1, 0.15) is 100 Å². The van der Waals surface area contributed by atoms with Gasteiger partial charge in [0.1, 0.15) is 6.07 Å². The Kier molecular flexibility index (Phi) is 5.47. The van der Waals surface area contributed by atoms with Crippen LogP contribution in [0.15, 0.2) is 23.3 Å². The molecule has 0 spiro atoms. The second-order valence-electron chi connectivity index (χ2n) is 15.1. The monoisotopic (exact) mass is 504 g/mol. The molecule has 37 heavy (non-hydrogen) atoms. The largest absolute Gasteiger partial charge is 0.351 e. The molecule has 5 nitrogen and oxygen atoms in total. The summed E-state index contributed by atoms with van der Waals surface area (Å²) in [5, 5.41) is 13.2. The first-order valence-electron chi connectivity index (χ1n) is 14.2. The lowest BCUT2D eigenvalue weighted by atomic mass is 9.35. The Labute approximate surface area is 222 Å². The topological polar surface area (TPSA) is 87.0 Å². The van der Waals surface area contributed by atoms with Crippen LogP contribution in [0.25, 0.3) is 0 Å². The van der Waals surface area contributed by atoms with Crippen molar-refractivity contribution in [1.29, 1.82) is 5.26 Å². The van der Waals surface area contributed by atoms with Crippen molar-refractivity contribution in [1.82, 2.24) is 5.32 Å². The summed E-state index contributed by atoms with van der Waals surface area (Å²) in [5.41, 5.74) is -0.501. The highest BCUT2D eigenvalue weighted by atomic mass is 16.1. The van der Waals surface area contributed by atoms with Gasteiger partial charge >= 0.3 is 0 Å². The summed E-state index contributed by atoms with van der Waals surface area (Å²) in [5.74, 6) is 0.0916. The van der Waals surface area contributed by atoms with Crippen LogP contribution in [0.2, 0.25) is 0 Å². The van der Waals surface area contributed by atoms with E-state index in [1.54, 1.807) is 6.92 Å². The van der Waals surface area contributed by atoms with Gasteiger partial charge < -0.3 is 5.32 Å². The van der Waals surface area contributed by atoms with Crippen LogP contribution >= 0.6 is 0 Å². The number of ketones is 2. The fourth-order valence-corrected chi connectivity index (χ4v) is 10.2. The minimum atomic E-state index is -0.655. The van der Waals surface area contributed by atoms with Gasteiger partial charge in [-0.1, -0.05) is 60.1 Å². The molecular formula is C32H44N2O3. The van der Waals surface area contributed by atoms with Crippen molar-refractivity contribution < 1.29 is 14.4 Å². The van der Waals surface area contributed by atoms with Crippen molar-refractivity contribution in [2.75, 3.05) is 0 Å². The minimum absolute atomic E-state index is 0.00435. The Morgan fingerprint density at radius 3 is 2.27 bits per heavy atom. The zero-order valence-corrected chi connectivity index (χ0v) is 24.0. The van der Waals surface area contributed by atoms with Crippen LogP contribution in [0.4, 0.5) is 0 Å². The molecule has 200 valence electrons. The molecule has 3 saturated carbocycles. The molecule has 1 N–H and O–H groups in total. The molecule has 3 fully saturated rings. The number of hydrogen-bond donors (Lipinski definition) is 1. The number of allylic oxidation sites excluding steroid dienone is 4. The van der Waals surface area contributed by atoms with E-state index in [0.29, 0.717) is 0 Å². The Morgan fingerprint density at radius 1 is 1.00 bits per heavy atom. The second kappa shape index (κ2) is 7.67. The van der Waals surface area contributed by atoms with Crippen molar-refractivity contribution in [3.05, 3.63) is 23.3 Å². The number of nitrogens with one attached hydrogen (secondary N) is 1. The quantitative estimate of drug-likeness (QED) is 0.468. The fourth-order valence-electron chi connectivity index (χ4n) is 10.2. The lowest BCUT2D eigenvalue weighted by Gasteiger charge is -2.69. The highest BCUT2D eigenvalue weighted by Crippen LogP contribution is 2.73. The van der Waals surface area contributed by atoms with Crippen LogP contribution in [0, 0.1) is 56.2 Å². The van der Waals surface area contributed by atoms with Gasteiger partial charge in [0.2, 0.25) is 5.91 Å². The average Bonchev–Trinajstić information content (AvgIpc) is 2.78. The highest BCUT2D eigenvalue weighted by Gasteiger charge is 2.69. The Balaban J connectivity index is 1.69. The normalized spacial score (nSPS) is 45.6. The molecule has 0 aliphatic heterocycles. The van der Waals surface area contributed by atoms with Gasteiger partial charge in [0.05, 0.1) is 5.57 Å².